The zero-order chi connectivity index (χ0) is 16.9. The molecule has 2 aromatic carbocycles. The average molecular weight is 404 g/mol. The highest BCUT2D eigenvalue weighted by Gasteiger charge is 2.16. The molecular formula is C18H18BrN3OS. The topological polar surface area (TPSA) is 39.9 Å². The maximum atomic E-state index is 5.46. The number of hydrogen-bond donors (Lipinski definition) is 0. The van der Waals surface area contributed by atoms with Gasteiger partial charge in [0.2, 0.25) is 0 Å². The molecule has 0 saturated carbocycles. The van der Waals surface area contributed by atoms with Gasteiger partial charge in [-0.05, 0) is 36.8 Å². The van der Waals surface area contributed by atoms with Gasteiger partial charge in [-0.1, -0.05) is 52.0 Å². The lowest BCUT2D eigenvalue weighted by Crippen LogP contribution is -2.01. The van der Waals surface area contributed by atoms with Crippen molar-refractivity contribution in [2.45, 2.75) is 24.4 Å². The Hall–Kier alpha value is -1.79. The van der Waals surface area contributed by atoms with E-state index in [9.17, 15) is 0 Å². The molecule has 0 bridgehead atoms. The summed E-state index contributed by atoms with van der Waals surface area (Å²) in [6.45, 7) is 2.91. The maximum absolute atomic E-state index is 5.46. The molecule has 1 aromatic heterocycles. The molecule has 1 heterocycles. The summed E-state index contributed by atoms with van der Waals surface area (Å²) in [5.74, 6) is 2.51. The van der Waals surface area contributed by atoms with Gasteiger partial charge in [-0.3, -0.25) is 0 Å². The molecule has 6 heteroatoms. The maximum Gasteiger partial charge on any atom is 0.191 e. The zero-order valence-electron chi connectivity index (χ0n) is 13.6. The van der Waals surface area contributed by atoms with E-state index in [1.54, 1.807) is 18.9 Å². The molecule has 0 aliphatic rings. The highest BCUT2D eigenvalue weighted by Crippen LogP contribution is 2.31. The molecule has 0 spiro atoms. The highest BCUT2D eigenvalue weighted by molar-refractivity contribution is 9.10. The third-order valence-electron chi connectivity index (χ3n) is 3.66. The number of methoxy groups -OCH3 is 1. The van der Waals surface area contributed by atoms with Crippen LogP contribution >= 0.6 is 27.7 Å². The molecule has 3 rings (SSSR count). The van der Waals surface area contributed by atoms with Gasteiger partial charge in [-0.25, -0.2) is 0 Å². The third kappa shape index (κ3) is 3.65. The average Bonchev–Trinajstić information content (AvgIpc) is 3.04. The zero-order valence-corrected chi connectivity index (χ0v) is 16.0. The number of hydrogen-bond acceptors (Lipinski definition) is 4. The molecule has 0 unspecified atom stereocenters. The standard InChI is InChI=1S/C18H18BrN3OS/c1-3-22-17(15-6-4-5-7-16(15)23-2)20-21-18(22)24-12-13-8-10-14(19)11-9-13/h4-11H,3,12H2,1-2H3. The minimum atomic E-state index is 0.809. The number of ether oxygens (including phenoxy) is 1. The Morgan fingerprint density at radius 3 is 2.54 bits per heavy atom. The third-order valence-corrected chi connectivity index (χ3v) is 5.23. The van der Waals surface area contributed by atoms with Crippen LogP contribution in [0.2, 0.25) is 0 Å². The first-order valence-electron chi connectivity index (χ1n) is 7.66. The van der Waals surface area contributed by atoms with Gasteiger partial charge < -0.3 is 9.30 Å². The molecule has 0 aliphatic carbocycles. The van der Waals surface area contributed by atoms with E-state index in [0.29, 0.717) is 0 Å². The van der Waals surface area contributed by atoms with Gasteiger partial charge in [-0.2, -0.15) is 0 Å². The van der Waals surface area contributed by atoms with E-state index >= 15 is 0 Å². The first-order valence-corrected chi connectivity index (χ1v) is 9.44. The molecule has 4 nitrogen and oxygen atoms in total. The fourth-order valence-corrected chi connectivity index (χ4v) is 3.66. The quantitative estimate of drug-likeness (QED) is 0.541. The first kappa shape index (κ1) is 17.0. The number of aromatic nitrogens is 3. The van der Waals surface area contributed by atoms with Gasteiger partial charge in [0.1, 0.15) is 5.75 Å². The smallest absolute Gasteiger partial charge is 0.191 e. The second-order valence-electron chi connectivity index (χ2n) is 5.17. The van der Waals surface area contributed by atoms with E-state index in [2.05, 4.69) is 61.9 Å². The monoisotopic (exact) mass is 403 g/mol. The van der Waals surface area contributed by atoms with Gasteiger partial charge in [0.05, 0.1) is 12.7 Å². The summed E-state index contributed by atoms with van der Waals surface area (Å²) >= 11 is 5.15. The number of rotatable bonds is 6. The normalized spacial score (nSPS) is 10.8. The second-order valence-corrected chi connectivity index (χ2v) is 7.02. The lowest BCUT2D eigenvalue weighted by molar-refractivity contribution is 0.416. The van der Waals surface area contributed by atoms with Crippen molar-refractivity contribution in [2.24, 2.45) is 0 Å². The van der Waals surface area contributed by atoms with Crippen LogP contribution in [0.1, 0.15) is 12.5 Å². The molecule has 0 N–H and O–H groups in total. The minimum absolute atomic E-state index is 0.809. The molecule has 0 amide bonds. The highest BCUT2D eigenvalue weighted by atomic mass is 79.9. The molecule has 124 valence electrons. The molecule has 0 fully saturated rings. The van der Waals surface area contributed by atoms with Crippen LogP contribution in [0.15, 0.2) is 58.2 Å². The molecule has 0 saturated heterocycles. The van der Waals surface area contributed by atoms with Crippen LogP contribution < -0.4 is 4.74 Å². The lowest BCUT2D eigenvalue weighted by Gasteiger charge is -2.10. The van der Waals surface area contributed by atoms with Crippen molar-refractivity contribution >= 4 is 27.7 Å². The largest absolute Gasteiger partial charge is 0.496 e. The Balaban J connectivity index is 1.85. The van der Waals surface area contributed by atoms with Gasteiger partial charge >= 0.3 is 0 Å². The molecule has 0 radical (unpaired) electrons. The molecule has 3 aromatic rings. The van der Waals surface area contributed by atoms with Crippen LogP contribution in [-0.4, -0.2) is 21.9 Å². The van der Waals surface area contributed by atoms with Crippen LogP contribution in [-0.2, 0) is 12.3 Å². The Labute approximate surface area is 154 Å². The number of benzene rings is 2. The summed E-state index contributed by atoms with van der Waals surface area (Å²) in [4.78, 5) is 0. The van der Waals surface area contributed by atoms with Crippen molar-refractivity contribution in [3.8, 4) is 17.1 Å². The predicted octanol–water partition coefficient (Wildman–Crippen LogP) is 5.03. The Morgan fingerprint density at radius 2 is 1.83 bits per heavy atom. The Morgan fingerprint density at radius 1 is 1.08 bits per heavy atom. The SMILES string of the molecule is CCn1c(SCc2ccc(Br)cc2)nnc1-c1ccccc1OC. The van der Waals surface area contributed by atoms with E-state index < -0.39 is 0 Å². The molecule has 0 atom stereocenters. The predicted molar refractivity (Wildman–Crippen MR) is 101 cm³/mol. The Kier molecular flexibility index (Phi) is 5.58. The summed E-state index contributed by atoms with van der Waals surface area (Å²) in [6.07, 6.45) is 0. The fourth-order valence-electron chi connectivity index (χ4n) is 2.44. The van der Waals surface area contributed by atoms with Gasteiger partial charge in [0.15, 0.2) is 11.0 Å². The van der Waals surface area contributed by atoms with Crippen molar-refractivity contribution in [3.63, 3.8) is 0 Å². The van der Waals surface area contributed by atoms with Crippen molar-refractivity contribution in [3.05, 3.63) is 58.6 Å². The Bertz CT molecular complexity index is 817. The van der Waals surface area contributed by atoms with E-state index in [0.717, 1.165) is 39.1 Å². The number of thioether (sulfide) groups is 1. The fraction of sp³-hybridized carbons (Fsp3) is 0.222. The number of nitrogens with zero attached hydrogens (tertiary/aromatic N) is 3. The van der Waals surface area contributed by atoms with Crippen LogP contribution in [0.4, 0.5) is 0 Å². The summed E-state index contributed by atoms with van der Waals surface area (Å²) in [5.41, 5.74) is 2.22. The van der Waals surface area contributed by atoms with Crippen LogP contribution in [0.25, 0.3) is 11.4 Å². The first-order chi connectivity index (χ1) is 11.7. The summed E-state index contributed by atoms with van der Waals surface area (Å²) < 4.78 is 8.67. The molecular weight excluding hydrogens is 386 g/mol. The molecule has 24 heavy (non-hydrogen) atoms. The summed E-state index contributed by atoms with van der Waals surface area (Å²) in [6, 6.07) is 16.2. The van der Waals surface area contributed by atoms with Gasteiger partial charge in [0, 0.05) is 16.8 Å². The summed E-state index contributed by atoms with van der Waals surface area (Å²) in [5, 5.41) is 9.70. The van der Waals surface area contributed by atoms with E-state index in [1.165, 1.54) is 5.56 Å². The van der Waals surface area contributed by atoms with Crippen LogP contribution in [0.3, 0.4) is 0 Å². The van der Waals surface area contributed by atoms with Crippen molar-refractivity contribution in [1.82, 2.24) is 14.8 Å². The van der Waals surface area contributed by atoms with Crippen LogP contribution in [0, 0.1) is 0 Å². The van der Waals surface area contributed by atoms with Crippen LogP contribution in [0.5, 0.6) is 5.75 Å². The molecule has 0 aliphatic heterocycles. The summed E-state index contributed by atoms with van der Waals surface area (Å²) in [7, 11) is 1.68. The number of para-hydroxylation sites is 1. The van der Waals surface area contributed by atoms with E-state index in [4.69, 9.17) is 4.74 Å². The lowest BCUT2D eigenvalue weighted by atomic mass is 10.2. The van der Waals surface area contributed by atoms with Gasteiger partial charge in [-0.15, -0.1) is 10.2 Å². The van der Waals surface area contributed by atoms with E-state index in [1.807, 2.05) is 24.3 Å². The van der Waals surface area contributed by atoms with Crippen molar-refractivity contribution in [2.75, 3.05) is 7.11 Å². The van der Waals surface area contributed by atoms with Gasteiger partial charge in [0.25, 0.3) is 0 Å². The van der Waals surface area contributed by atoms with Crippen molar-refractivity contribution in [1.29, 1.82) is 0 Å². The van der Waals surface area contributed by atoms with E-state index in [-0.39, 0.29) is 0 Å². The minimum Gasteiger partial charge on any atom is -0.496 e. The second kappa shape index (κ2) is 7.85. The van der Waals surface area contributed by atoms with Crippen molar-refractivity contribution < 1.29 is 4.74 Å². The number of halogens is 1.